The van der Waals surface area contributed by atoms with Gasteiger partial charge in [0.1, 0.15) is 11.8 Å². The highest BCUT2D eigenvalue weighted by molar-refractivity contribution is 5.90. The minimum absolute atomic E-state index is 0.0119. The van der Waals surface area contributed by atoms with E-state index in [2.05, 4.69) is 44.1 Å². The molecule has 188 valence electrons. The Morgan fingerprint density at radius 3 is 2.50 bits per heavy atom. The van der Waals surface area contributed by atoms with Crippen molar-refractivity contribution < 1.29 is 9.18 Å². The van der Waals surface area contributed by atoms with Gasteiger partial charge < -0.3 is 16.4 Å². The number of aromatic nitrogens is 2. The zero-order valence-electron chi connectivity index (χ0n) is 21.6. The smallest absolute Gasteiger partial charge is 0.319 e. The van der Waals surface area contributed by atoms with Gasteiger partial charge in [0.15, 0.2) is 0 Å². The molecule has 4 rings (SSSR count). The van der Waals surface area contributed by atoms with Crippen LogP contribution in [0.5, 0.6) is 0 Å². The molecule has 34 heavy (non-hydrogen) atoms. The number of alkyl halides is 1. The molecule has 1 saturated carbocycles. The zero-order chi connectivity index (χ0) is 25.5. The molecule has 3 aromatic rings. The third kappa shape index (κ3) is 8.45. The molecule has 0 bridgehead atoms. The first kappa shape index (κ1) is 29.1. The summed E-state index contributed by atoms with van der Waals surface area (Å²) in [7, 11) is 1.50. The number of rotatable bonds is 6. The molecule has 0 saturated heterocycles. The number of anilines is 1. The van der Waals surface area contributed by atoms with E-state index >= 15 is 0 Å². The fourth-order valence-corrected chi connectivity index (χ4v) is 3.56. The molecule has 4 N–H and O–H groups in total. The lowest BCUT2D eigenvalue weighted by Gasteiger charge is -2.25. The van der Waals surface area contributed by atoms with Crippen LogP contribution in [0, 0.1) is 5.92 Å². The lowest BCUT2D eigenvalue weighted by molar-refractivity contribution is 0.247. The number of hydrogen-bond acceptors (Lipinski definition) is 3. The maximum Gasteiger partial charge on any atom is 0.319 e. The first-order valence-corrected chi connectivity index (χ1v) is 12.4. The fourth-order valence-electron chi connectivity index (χ4n) is 3.56. The van der Waals surface area contributed by atoms with Gasteiger partial charge in [-0.2, -0.15) is 0 Å². The van der Waals surface area contributed by atoms with E-state index in [4.69, 9.17) is 0 Å². The quantitative estimate of drug-likeness (QED) is 0.386. The van der Waals surface area contributed by atoms with Crippen LogP contribution in [0.4, 0.5) is 14.9 Å². The Morgan fingerprint density at radius 1 is 1.18 bits per heavy atom. The predicted molar refractivity (Wildman–Crippen MR) is 142 cm³/mol. The number of carbonyl (C=O) groups excluding carboxylic acids is 1. The van der Waals surface area contributed by atoms with Gasteiger partial charge in [-0.3, -0.25) is 4.40 Å². The largest absolute Gasteiger partial charge is 0.335 e. The normalized spacial score (nSPS) is 13.1. The zero-order valence-corrected chi connectivity index (χ0v) is 21.6. The van der Waals surface area contributed by atoms with Crippen LogP contribution in [0.3, 0.4) is 0 Å². The number of halogens is 1. The number of nitrogens with two attached hydrogens (primary N) is 1. The van der Waals surface area contributed by atoms with Gasteiger partial charge >= 0.3 is 6.03 Å². The predicted octanol–water partition coefficient (Wildman–Crippen LogP) is 6.45. The molecule has 2 aromatic heterocycles. The van der Waals surface area contributed by atoms with Crippen molar-refractivity contribution in [3.8, 4) is 11.3 Å². The third-order valence-electron chi connectivity index (χ3n) is 5.29. The van der Waals surface area contributed by atoms with Crippen LogP contribution in [0.15, 0.2) is 48.8 Å². The van der Waals surface area contributed by atoms with Crippen LogP contribution in [0.1, 0.15) is 59.4 Å². The molecule has 1 aliphatic carbocycles. The number of nitrogens with zero attached hydrogens (tertiary/aromatic N) is 2. The standard InChI is InChI=1S/C22H25FN4O.2C2H6.CH5N/c1-15(23)13-25-22(28)26-19-7-3-6-18(12-19)20-14-24-21-11-17(8-9-27(20)21)10-16-4-2-5-16;3*1-2/h3,6-9,11-12,14-16H,2,4-5,10,13H2,1H3,(H2,25,26,28);2*1-2H3;2H2,1H3. The van der Waals surface area contributed by atoms with E-state index in [1.165, 1.54) is 38.8 Å². The van der Waals surface area contributed by atoms with Gasteiger partial charge in [-0.1, -0.05) is 59.1 Å². The number of amides is 2. The molecule has 6 nitrogen and oxygen atoms in total. The van der Waals surface area contributed by atoms with Crippen LogP contribution in [-0.4, -0.2) is 35.2 Å². The third-order valence-corrected chi connectivity index (χ3v) is 5.29. The van der Waals surface area contributed by atoms with E-state index in [0.717, 1.165) is 29.2 Å². The van der Waals surface area contributed by atoms with Gasteiger partial charge in [0, 0.05) is 17.4 Å². The summed E-state index contributed by atoms with van der Waals surface area (Å²) in [6, 6.07) is 11.5. The summed E-state index contributed by atoms with van der Waals surface area (Å²) < 4.78 is 14.9. The van der Waals surface area contributed by atoms with Crippen molar-refractivity contribution in [2.45, 2.75) is 66.5 Å². The number of nitrogens with one attached hydrogen (secondary N) is 2. The fraction of sp³-hybridized carbons (Fsp3) is 0.481. The Morgan fingerprint density at radius 2 is 1.88 bits per heavy atom. The van der Waals surface area contributed by atoms with Gasteiger partial charge in [-0.15, -0.1) is 0 Å². The maximum absolute atomic E-state index is 12.9. The number of benzene rings is 1. The number of urea groups is 1. The van der Waals surface area contributed by atoms with Crippen molar-refractivity contribution in [3.05, 3.63) is 54.4 Å². The Bertz CT molecular complexity index is 982. The first-order valence-electron chi connectivity index (χ1n) is 12.4. The van der Waals surface area contributed by atoms with Gasteiger partial charge in [0.25, 0.3) is 0 Å². The topological polar surface area (TPSA) is 84.5 Å². The van der Waals surface area contributed by atoms with Crippen LogP contribution in [0.2, 0.25) is 0 Å². The second kappa shape index (κ2) is 15.8. The molecule has 2 heterocycles. The van der Waals surface area contributed by atoms with Gasteiger partial charge in [0.05, 0.1) is 18.4 Å². The van der Waals surface area contributed by atoms with Gasteiger partial charge in [0.2, 0.25) is 0 Å². The molecular formula is C27H42FN5O. The minimum Gasteiger partial charge on any atom is -0.335 e. The van der Waals surface area contributed by atoms with Crippen LogP contribution >= 0.6 is 0 Å². The number of pyridine rings is 1. The first-order chi connectivity index (χ1) is 16.6. The van der Waals surface area contributed by atoms with Gasteiger partial charge in [-0.25, -0.2) is 14.2 Å². The second-order valence-corrected chi connectivity index (χ2v) is 7.60. The average molecular weight is 472 g/mol. The molecular weight excluding hydrogens is 429 g/mol. The van der Waals surface area contributed by atoms with Crippen molar-refractivity contribution in [2.75, 3.05) is 18.9 Å². The molecule has 7 heteroatoms. The summed E-state index contributed by atoms with van der Waals surface area (Å²) in [6.07, 6.45) is 8.00. The molecule has 1 aromatic carbocycles. The summed E-state index contributed by atoms with van der Waals surface area (Å²) in [6.45, 7) is 9.39. The summed E-state index contributed by atoms with van der Waals surface area (Å²) in [5, 5.41) is 5.25. The summed E-state index contributed by atoms with van der Waals surface area (Å²) in [5.74, 6) is 0.825. The van der Waals surface area contributed by atoms with Crippen molar-refractivity contribution in [3.63, 3.8) is 0 Å². The Labute approximate surface area is 204 Å². The van der Waals surface area contributed by atoms with E-state index < -0.39 is 12.2 Å². The highest BCUT2D eigenvalue weighted by Crippen LogP contribution is 2.30. The molecule has 1 fully saturated rings. The molecule has 1 aliphatic rings. The van der Waals surface area contributed by atoms with Crippen LogP contribution in [-0.2, 0) is 6.42 Å². The lowest BCUT2D eigenvalue weighted by Crippen LogP contribution is -2.32. The number of hydrogen-bond donors (Lipinski definition) is 3. The molecule has 0 radical (unpaired) electrons. The molecule has 0 spiro atoms. The van der Waals surface area contributed by atoms with Crippen LogP contribution < -0.4 is 16.4 Å². The van der Waals surface area contributed by atoms with E-state index in [-0.39, 0.29) is 6.54 Å². The Hall–Kier alpha value is -2.93. The minimum atomic E-state index is -1.08. The SMILES string of the molecule is CC.CC.CC(F)CNC(=O)Nc1cccc(-c2cnc3cc(CC4CCC4)ccn23)c1.CN. The molecule has 1 atom stereocenters. The molecule has 1 unspecified atom stereocenters. The average Bonchev–Trinajstić information content (AvgIpc) is 3.27. The summed E-state index contributed by atoms with van der Waals surface area (Å²) >= 11 is 0. The maximum atomic E-state index is 12.9. The molecule has 2 amide bonds. The summed E-state index contributed by atoms with van der Waals surface area (Å²) in [5.41, 5.74) is 9.34. The van der Waals surface area contributed by atoms with E-state index in [0.29, 0.717) is 5.69 Å². The van der Waals surface area contributed by atoms with Crippen LogP contribution in [0.25, 0.3) is 16.9 Å². The van der Waals surface area contributed by atoms with Crippen molar-refractivity contribution >= 4 is 17.4 Å². The Kier molecular flexibility index (Phi) is 13.5. The second-order valence-electron chi connectivity index (χ2n) is 7.60. The lowest BCUT2D eigenvalue weighted by atomic mass is 9.81. The van der Waals surface area contributed by atoms with Crippen molar-refractivity contribution in [2.24, 2.45) is 11.7 Å². The van der Waals surface area contributed by atoms with E-state index in [9.17, 15) is 9.18 Å². The number of imidazole rings is 1. The number of fused-ring (bicyclic) bond motifs is 1. The monoisotopic (exact) mass is 471 g/mol. The summed E-state index contributed by atoms with van der Waals surface area (Å²) in [4.78, 5) is 16.4. The van der Waals surface area contributed by atoms with E-state index in [1.54, 1.807) is 0 Å². The highest BCUT2D eigenvalue weighted by Gasteiger charge is 2.18. The van der Waals surface area contributed by atoms with Crippen molar-refractivity contribution in [1.29, 1.82) is 0 Å². The number of carbonyl (C=O) groups is 1. The van der Waals surface area contributed by atoms with E-state index in [1.807, 2.05) is 58.2 Å². The van der Waals surface area contributed by atoms with Crippen molar-refractivity contribution in [1.82, 2.24) is 14.7 Å². The molecule has 0 aliphatic heterocycles. The van der Waals surface area contributed by atoms with Gasteiger partial charge in [-0.05, 0) is 56.1 Å². The Balaban J connectivity index is 0.000000894. The highest BCUT2D eigenvalue weighted by atomic mass is 19.1.